The number of aryl methyl sites for hydroxylation is 1. The SMILES string of the molecule is CC(C)c1nc(N)c2cc(N)c(C=N)cc2c1-c1cccc2c1cnn2C. The van der Waals surface area contributed by atoms with E-state index < -0.39 is 0 Å². The van der Waals surface area contributed by atoms with E-state index in [4.69, 9.17) is 21.9 Å². The minimum Gasteiger partial charge on any atom is -0.398 e. The maximum atomic E-state index is 7.70. The zero-order valence-corrected chi connectivity index (χ0v) is 15.6. The Hall–Kier alpha value is -3.41. The summed E-state index contributed by atoms with van der Waals surface area (Å²) in [7, 11) is 1.93. The second kappa shape index (κ2) is 6.09. The molecule has 5 N–H and O–H groups in total. The molecule has 4 aromatic rings. The minimum absolute atomic E-state index is 0.180. The molecule has 6 heteroatoms. The van der Waals surface area contributed by atoms with Gasteiger partial charge in [-0.05, 0) is 35.1 Å². The van der Waals surface area contributed by atoms with Crippen molar-refractivity contribution in [2.24, 2.45) is 7.05 Å². The highest BCUT2D eigenvalue weighted by Gasteiger charge is 2.20. The van der Waals surface area contributed by atoms with Crippen LogP contribution < -0.4 is 11.5 Å². The van der Waals surface area contributed by atoms with Crippen LogP contribution in [0, 0.1) is 5.41 Å². The van der Waals surface area contributed by atoms with Gasteiger partial charge in [0, 0.05) is 40.8 Å². The molecule has 0 aliphatic heterocycles. The molecule has 0 fully saturated rings. The van der Waals surface area contributed by atoms with E-state index in [-0.39, 0.29) is 5.92 Å². The van der Waals surface area contributed by atoms with Crippen LogP contribution >= 0.6 is 0 Å². The third-order valence-electron chi connectivity index (χ3n) is 5.03. The van der Waals surface area contributed by atoms with E-state index in [1.54, 1.807) is 0 Å². The molecule has 0 radical (unpaired) electrons. The van der Waals surface area contributed by atoms with Gasteiger partial charge < -0.3 is 16.9 Å². The first-order valence-electron chi connectivity index (χ1n) is 8.86. The minimum atomic E-state index is 0.180. The normalized spacial score (nSPS) is 11.6. The molecule has 0 aliphatic rings. The van der Waals surface area contributed by atoms with Crippen LogP contribution in [-0.2, 0) is 7.05 Å². The molecule has 27 heavy (non-hydrogen) atoms. The van der Waals surface area contributed by atoms with Gasteiger partial charge in [-0.2, -0.15) is 5.10 Å². The molecule has 2 heterocycles. The number of hydrogen-bond acceptors (Lipinski definition) is 5. The highest BCUT2D eigenvalue weighted by atomic mass is 15.2. The van der Waals surface area contributed by atoms with Crippen LogP contribution in [0.25, 0.3) is 32.8 Å². The number of fused-ring (bicyclic) bond motifs is 2. The van der Waals surface area contributed by atoms with E-state index in [9.17, 15) is 0 Å². The Balaban J connectivity index is 2.22. The summed E-state index contributed by atoms with van der Waals surface area (Å²) in [6, 6.07) is 9.92. The second-order valence-electron chi connectivity index (χ2n) is 7.09. The number of pyridine rings is 1. The Morgan fingerprint density at radius 2 is 1.89 bits per heavy atom. The van der Waals surface area contributed by atoms with Crippen LogP contribution in [0.4, 0.5) is 11.5 Å². The van der Waals surface area contributed by atoms with Crippen molar-refractivity contribution in [2.45, 2.75) is 19.8 Å². The Labute approximate surface area is 157 Å². The van der Waals surface area contributed by atoms with Crippen molar-refractivity contribution in [1.82, 2.24) is 14.8 Å². The van der Waals surface area contributed by atoms with Crippen molar-refractivity contribution in [2.75, 3.05) is 11.5 Å². The van der Waals surface area contributed by atoms with E-state index in [0.29, 0.717) is 17.1 Å². The summed E-state index contributed by atoms with van der Waals surface area (Å²) in [5.74, 6) is 0.638. The fourth-order valence-corrected chi connectivity index (χ4v) is 3.66. The summed E-state index contributed by atoms with van der Waals surface area (Å²) >= 11 is 0. The van der Waals surface area contributed by atoms with Crippen molar-refractivity contribution < 1.29 is 0 Å². The monoisotopic (exact) mass is 358 g/mol. The summed E-state index contributed by atoms with van der Waals surface area (Å²) in [6.45, 7) is 4.21. The highest BCUT2D eigenvalue weighted by Crippen LogP contribution is 2.41. The van der Waals surface area contributed by atoms with E-state index >= 15 is 0 Å². The van der Waals surface area contributed by atoms with Gasteiger partial charge in [0.1, 0.15) is 5.82 Å². The zero-order chi connectivity index (χ0) is 19.3. The average Bonchev–Trinajstić information content (AvgIpc) is 3.03. The predicted molar refractivity (Wildman–Crippen MR) is 112 cm³/mol. The predicted octanol–water partition coefficient (Wildman–Crippen LogP) is 4.07. The van der Waals surface area contributed by atoms with Crippen LogP contribution in [0.2, 0.25) is 0 Å². The van der Waals surface area contributed by atoms with E-state index in [1.165, 1.54) is 6.21 Å². The molecular weight excluding hydrogens is 336 g/mol. The van der Waals surface area contributed by atoms with Gasteiger partial charge in [-0.3, -0.25) is 4.68 Å². The molecule has 6 nitrogen and oxygen atoms in total. The van der Waals surface area contributed by atoms with Crippen LogP contribution in [0.5, 0.6) is 0 Å². The molecule has 0 bridgehead atoms. The van der Waals surface area contributed by atoms with Crippen molar-refractivity contribution in [3.8, 4) is 11.1 Å². The summed E-state index contributed by atoms with van der Waals surface area (Å²) in [4.78, 5) is 4.73. The molecule has 0 spiro atoms. The van der Waals surface area contributed by atoms with Gasteiger partial charge in [-0.1, -0.05) is 26.0 Å². The van der Waals surface area contributed by atoms with Crippen molar-refractivity contribution in [3.63, 3.8) is 0 Å². The van der Waals surface area contributed by atoms with Crippen LogP contribution in [0.1, 0.15) is 31.0 Å². The van der Waals surface area contributed by atoms with Crippen molar-refractivity contribution in [3.05, 3.63) is 47.8 Å². The molecule has 2 aromatic carbocycles. The number of nitrogens with one attached hydrogen (secondary N) is 1. The summed E-state index contributed by atoms with van der Waals surface area (Å²) in [5, 5.41) is 14.9. The topological polar surface area (TPSA) is 107 Å². The molecule has 0 aliphatic carbocycles. The first-order chi connectivity index (χ1) is 12.9. The molecule has 0 unspecified atom stereocenters. The average molecular weight is 358 g/mol. The second-order valence-corrected chi connectivity index (χ2v) is 7.09. The van der Waals surface area contributed by atoms with Gasteiger partial charge in [0.05, 0.1) is 17.4 Å². The van der Waals surface area contributed by atoms with Crippen molar-refractivity contribution in [1.29, 1.82) is 5.41 Å². The van der Waals surface area contributed by atoms with Crippen LogP contribution in [0.3, 0.4) is 0 Å². The maximum Gasteiger partial charge on any atom is 0.131 e. The highest BCUT2D eigenvalue weighted by molar-refractivity contribution is 6.10. The van der Waals surface area contributed by atoms with Gasteiger partial charge in [0.15, 0.2) is 0 Å². The summed E-state index contributed by atoms with van der Waals surface area (Å²) < 4.78 is 1.86. The Morgan fingerprint density at radius 3 is 2.59 bits per heavy atom. The number of benzene rings is 2. The maximum absolute atomic E-state index is 7.70. The number of rotatable bonds is 3. The van der Waals surface area contributed by atoms with E-state index in [0.717, 1.165) is 38.5 Å². The van der Waals surface area contributed by atoms with E-state index in [2.05, 4.69) is 31.1 Å². The quantitative estimate of drug-likeness (QED) is 0.379. The Morgan fingerprint density at radius 1 is 1.11 bits per heavy atom. The molecule has 0 saturated heterocycles. The van der Waals surface area contributed by atoms with Crippen LogP contribution in [0.15, 0.2) is 36.5 Å². The molecule has 0 atom stereocenters. The third-order valence-corrected chi connectivity index (χ3v) is 5.03. The number of hydrogen-bond donors (Lipinski definition) is 3. The number of aromatic nitrogens is 3. The number of nitrogens with two attached hydrogens (primary N) is 2. The fourth-order valence-electron chi connectivity index (χ4n) is 3.66. The Bertz CT molecular complexity index is 1200. The molecular formula is C21H22N6. The molecule has 2 aromatic heterocycles. The molecule has 136 valence electrons. The molecule has 0 saturated carbocycles. The largest absolute Gasteiger partial charge is 0.398 e. The standard InChI is InChI=1S/C21H22N6/c1-11(2)20-19(13-5-4-6-18-16(13)10-25-27(18)3)14-7-12(9-22)17(23)8-15(14)21(24)26-20/h4-11,22H,23H2,1-3H3,(H2,24,26). The van der Waals surface area contributed by atoms with Gasteiger partial charge in [0.2, 0.25) is 0 Å². The molecule has 0 amide bonds. The lowest BCUT2D eigenvalue weighted by Gasteiger charge is -2.18. The van der Waals surface area contributed by atoms with Gasteiger partial charge in [0.25, 0.3) is 0 Å². The van der Waals surface area contributed by atoms with Crippen molar-refractivity contribution >= 4 is 39.4 Å². The van der Waals surface area contributed by atoms with Gasteiger partial charge in [-0.25, -0.2) is 4.98 Å². The van der Waals surface area contributed by atoms with Gasteiger partial charge >= 0.3 is 0 Å². The number of anilines is 2. The van der Waals surface area contributed by atoms with E-state index in [1.807, 2.05) is 36.1 Å². The lowest BCUT2D eigenvalue weighted by molar-refractivity contribution is 0.797. The summed E-state index contributed by atoms with van der Waals surface area (Å²) in [6.07, 6.45) is 3.15. The molecule has 4 rings (SSSR count). The summed E-state index contributed by atoms with van der Waals surface area (Å²) in [5.41, 5.74) is 17.6. The fraction of sp³-hybridized carbons (Fsp3) is 0.190. The van der Waals surface area contributed by atoms with Crippen LogP contribution in [-0.4, -0.2) is 21.0 Å². The Kier molecular flexibility index (Phi) is 3.84. The lowest BCUT2D eigenvalue weighted by Crippen LogP contribution is -2.04. The first-order valence-corrected chi connectivity index (χ1v) is 8.86. The number of nitrogens with zero attached hydrogens (tertiary/aromatic N) is 3. The lowest BCUT2D eigenvalue weighted by atomic mass is 9.90. The number of nitrogen functional groups attached to an aromatic ring is 2. The zero-order valence-electron chi connectivity index (χ0n) is 15.6. The van der Waals surface area contributed by atoms with Gasteiger partial charge in [-0.15, -0.1) is 0 Å². The first kappa shape index (κ1) is 17.0. The third kappa shape index (κ3) is 2.52. The smallest absolute Gasteiger partial charge is 0.131 e.